The molecule has 4 atom stereocenters. The minimum absolute atomic E-state index is 0.0506. The van der Waals surface area contributed by atoms with E-state index in [-0.39, 0.29) is 17.3 Å². The van der Waals surface area contributed by atoms with Crippen molar-refractivity contribution in [3.63, 3.8) is 0 Å². The molecular weight excluding hydrogens is 320 g/mol. The number of hydrogen-bond donors (Lipinski definition) is 2. The van der Waals surface area contributed by atoms with Crippen LogP contribution in [0.3, 0.4) is 0 Å². The van der Waals surface area contributed by atoms with Crippen LogP contribution in [0.4, 0.5) is 0 Å². The predicted molar refractivity (Wildman–Crippen MR) is 87.8 cm³/mol. The molecule has 0 bridgehead atoms. The summed E-state index contributed by atoms with van der Waals surface area (Å²) in [5, 5.41) is 21.6. The van der Waals surface area contributed by atoms with Gasteiger partial charge in [-0.05, 0) is 24.5 Å². The number of Topliss-reactive ketones (excluding diaryl/α,β-unsaturated/α-hetero) is 1. The molecule has 1 heterocycles. The number of fused-ring (bicyclic) bond motifs is 4. The van der Waals surface area contributed by atoms with Crippen molar-refractivity contribution in [2.45, 2.75) is 44.3 Å². The molecule has 5 nitrogen and oxygen atoms in total. The standard InChI is InChI=1S/C20H18O5/c1-8-16(22)11-7-25-18-15(11)20(2,19(8)24)12-5-3-9-10(4-6-13(9)21)14(12)17(18)23/h3,5,7-8,16,19,22,24H,4,6H2,1-2H3/t8-,16+,19-,20-/m1/s1. The molecular formula is C20H18O5. The Hall–Kier alpha value is -2.24. The minimum atomic E-state index is -0.874. The maximum Gasteiger partial charge on any atom is 0.229 e. The van der Waals surface area contributed by atoms with Gasteiger partial charge in [-0.15, -0.1) is 0 Å². The minimum Gasteiger partial charge on any atom is -0.460 e. The van der Waals surface area contributed by atoms with E-state index in [2.05, 4.69) is 0 Å². The highest BCUT2D eigenvalue weighted by Crippen LogP contribution is 2.55. The third-order valence-corrected chi connectivity index (χ3v) is 6.45. The number of aliphatic hydroxyl groups excluding tert-OH is 2. The number of rotatable bonds is 0. The molecule has 0 fully saturated rings. The number of hydrogen-bond acceptors (Lipinski definition) is 5. The summed E-state index contributed by atoms with van der Waals surface area (Å²) in [4.78, 5) is 25.2. The van der Waals surface area contributed by atoms with E-state index in [9.17, 15) is 19.8 Å². The highest BCUT2D eigenvalue weighted by Gasteiger charge is 2.56. The second kappa shape index (κ2) is 4.48. The Morgan fingerprint density at radius 3 is 2.72 bits per heavy atom. The van der Waals surface area contributed by atoms with Crippen LogP contribution in [-0.2, 0) is 11.8 Å². The molecule has 1 aromatic carbocycles. The molecule has 0 unspecified atom stereocenters. The van der Waals surface area contributed by atoms with Crippen LogP contribution in [0.15, 0.2) is 22.8 Å². The lowest BCUT2D eigenvalue weighted by Crippen LogP contribution is -2.51. The number of carbonyl (C=O) groups excluding carboxylic acids is 2. The Balaban J connectivity index is 1.89. The summed E-state index contributed by atoms with van der Waals surface area (Å²) in [6.07, 6.45) is 0.639. The Morgan fingerprint density at radius 1 is 1.20 bits per heavy atom. The zero-order valence-electron chi connectivity index (χ0n) is 14.0. The van der Waals surface area contributed by atoms with E-state index in [4.69, 9.17) is 4.42 Å². The molecule has 5 rings (SSSR count). The lowest BCUT2D eigenvalue weighted by atomic mass is 9.58. The van der Waals surface area contributed by atoms with E-state index < -0.39 is 23.5 Å². The van der Waals surface area contributed by atoms with Crippen LogP contribution in [0.2, 0.25) is 0 Å². The highest BCUT2D eigenvalue weighted by atomic mass is 16.3. The summed E-state index contributed by atoms with van der Waals surface area (Å²) in [7, 11) is 0. The summed E-state index contributed by atoms with van der Waals surface area (Å²) >= 11 is 0. The fourth-order valence-electron chi connectivity index (χ4n) is 5.06. The Labute approximate surface area is 144 Å². The van der Waals surface area contributed by atoms with Gasteiger partial charge >= 0.3 is 0 Å². The van der Waals surface area contributed by atoms with Gasteiger partial charge in [0, 0.05) is 40.0 Å². The first-order valence-electron chi connectivity index (χ1n) is 8.59. The molecule has 0 amide bonds. The third-order valence-electron chi connectivity index (χ3n) is 6.45. The van der Waals surface area contributed by atoms with Crippen molar-refractivity contribution in [1.29, 1.82) is 0 Å². The fourth-order valence-corrected chi connectivity index (χ4v) is 5.06. The largest absolute Gasteiger partial charge is 0.460 e. The molecule has 0 spiro atoms. The normalized spacial score (nSPS) is 32.4. The fraction of sp³-hybridized carbons (Fsp3) is 0.400. The second-order valence-electron chi connectivity index (χ2n) is 7.61. The molecule has 128 valence electrons. The van der Waals surface area contributed by atoms with Crippen molar-refractivity contribution in [3.05, 3.63) is 57.5 Å². The first kappa shape index (κ1) is 15.0. The smallest absolute Gasteiger partial charge is 0.229 e. The van der Waals surface area contributed by atoms with Crippen molar-refractivity contribution in [2.75, 3.05) is 0 Å². The first-order valence-corrected chi connectivity index (χ1v) is 8.59. The van der Waals surface area contributed by atoms with Crippen molar-refractivity contribution in [1.82, 2.24) is 0 Å². The summed E-state index contributed by atoms with van der Waals surface area (Å²) in [5.74, 6) is -0.425. The molecule has 0 saturated heterocycles. The van der Waals surface area contributed by atoms with Crippen LogP contribution in [0.5, 0.6) is 0 Å². The number of benzene rings is 1. The van der Waals surface area contributed by atoms with Gasteiger partial charge in [-0.25, -0.2) is 0 Å². The lowest BCUT2D eigenvalue weighted by molar-refractivity contribution is -0.0256. The van der Waals surface area contributed by atoms with Crippen molar-refractivity contribution in [3.8, 4) is 0 Å². The van der Waals surface area contributed by atoms with Gasteiger partial charge in [0.15, 0.2) is 11.5 Å². The summed E-state index contributed by atoms with van der Waals surface area (Å²) < 4.78 is 5.57. The Kier molecular flexibility index (Phi) is 2.70. The predicted octanol–water partition coefficient (Wildman–Crippen LogP) is 2.30. The van der Waals surface area contributed by atoms with Crippen LogP contribution in [0.1, 0.15) is 75.1 Å². The van der Waals surface area contributed by atoms with Crippen LogP contribution in [0, 0.1) is 5.92 Å². The molecule has 0 radical (unpaired) electrons. The Bertz CT molecular complexity index is 969. The summed E-state index contributed by atoms with van der Waals surface area (Å²) in [5.41, 5.74) is 2.92. The second-order valence-corrected chi connectivity index (χ2v) is 7.61. The zero-order valence-corrected chi connectivity index (χ0v) is 14.0. The van der Waals surface area contributed by atoms with E-state index in [1.165, 1.54) is 6.26 Å². The maximum absolute atomic E-state index is 13.1. The maximum atomic E-state index is 13.1. The topological polar surface area (TPSA) is 87.7 Å². The quantitative estimate of drug-likeness (QED) is 0.769. The monoisotopic (exact) mass is 338 g/mol. The molecule has 1 aromatic heterocycles. The number of carbonyl (C=O) groups is 2. The molecule has 3 aliphatic carbocycles. The van der Waals surface area contributed by atoms with Gasteiger partial charge in [-0.2, -0.15) is 0 Å². The molecule has 0 aliphatic heterocycles. The van der Waals surface area contributed by atoms with Crippen LogP contribution < -0.4 is 0 Å². The first-order chi connectivity index (χ1) is 11.9. The van der Waals surface area contributed by atoms with Crippen molar-refractivity contribution in [2.24, 2.45) is 5.92 Å². The molecule has 5 heteroatoms. The van der Waals surface area contributed by atoms with Gasteiger partial charge in [0.1, 0.15) is 0 Å². The van der Waals surface area contributed by atoms with Crippen LogP contribution >= 0.6 is 0 Å². The lowest BCUT2D eigenvalue weighted by Gasteiger charge is -2.47. The molecule has 3 aliphatic rings. The summed E-state index contributed by atoms with van der Waals surface area (Å²) in [6.45, 7) is 3.69. The number of furan rings is 1. The van der Waals surface area contributed by atoms with Gasteiger partial charge in [-0.3, -0.25) is 9.59 Å². The number of aliphatic hydroxyl groups is 2. The Morgan fingerprint density at radius 2 is 1.96 bits per heavy atom. The van der Waals surface area contributed by atoms with Crippen molar-refractivity contribution < 1.29 is 24.2 Å². The van der Waals surface area contributed by atoms with Gasteiger partial charge < -0.3 is 14.6 Å². The van der Waals surface area contributed by atoms with E-state index in [1.807, 2.05) is 6.92 Å². The average molecular weight is 338 g/mol. The third kappa shape index (κ3) is 1.52. The van der Waals surface area contributed by atoms with Crippen molar-refractivity contribution >= 4 is 11.6 Å². The van der Waals surface area contributed by atoms with Crippen LogP contribution in [-0.4, -0.2) is 27.9 Å². The zero-order chi connectivity index (χ0) is 17.7. The van der Waals surface area contributed by atoms with E-state index in [0.717, 1.165) is 11.1 Å². The average Bonchev–Trinajstić information content (AvgIpc) is 3.21. The molecule has 2 N–H and O–H groups in total. The molecule has 2 aromatic rings. The van der Waals surface area contributed by atoms with Gasteiger partial charge in [0.05, 0.1) is 18.5 Å². The van der Waals surface area contributed by atoms with E-state index in [1.54, 1.807) is 19.1 Å². The van der Waals surface area contributed by atoms with Gasteiger partial charge in [0.25, 0.3) is 0 Å². The SMILES string of the molecule is C[C@@H]1[C@H](O)c2coc3c2[C@@](C)(c2ccc4c(c2C3=O)CCC4=O)[C@@H]1O. The highest BCUT2D eigenvalue weighted by molar-refractivity contribution is 6.15. The van der Waals surface area contributed by atoms with E-state index >= 15 is 0 Å². The number of ketones is 2. The molecule has 25 heavy (non-hydrogen) atoms. The summed E-state index contributed by atoms with van der Waals surface area (Å²) in [6, 6.07) is 3.57. The molecule has 0 saturated carbocycles. The van der Waals surface area contributed by atoms with Crippen LogP contribution in [0.25, 0.3) is 0 Å². The van der Waals surface area contributed by atoms with E-state index in [0.29, 0.717) is 35.1 Å². The van der Waals surface area contributed by atoms with Gasteiger partial charge in [0.2, 0.25) is 5.78 Å². The van der Waals surface area contributed by atoms with Gasteiger partial charge in [-0.1, -0.05) is 19.1 Å².